The number of ether oxygens (including phenoxy) is 1. The standard InChI is InChI=1S/C30H29FN4O5/c31-23-11-9-21(10-12-23)18-32-29(38)24-19-35-17-16-34(15-5-14-33-13-4-8-25(33)36)30(39)26(35)28(27(24)37)40-20-22-6-2-1-3-7-22/h1-3,6-7,9-12,16-17,19H,4-5,8,13-15,18,20H2,(H,32,38). The quantitative estimate of drug-likeness (QED) is 0.331. The van der Waals surface area contributed by atoms with Crippen molar-refractivity contribution in [1.82, 2.24) is 19.2 Å². The van der Waals surface area contributed by atoms with Crippen LogP contribution < -0.4 is 21.0 Å². The van der Waals surface area contributed by atoms with E-state index in [1.165, 1.54) is 27.3 Å². The topological polar surface area (TPSA) is 102 Å². The van der Waals surface area contributed by atoms with Crippen LogP contribution in [0.15, 0.2) is 82.8 Å². The molecule has 0 atom stereocenters. The number of likely N-dealkylation sites (tertiary alicyclic amines) is 1. The minimum absolute atomic E-state index is 0.0239. The lowest BCUT2D eigenvalue weighted by Crippen LogP contribution is -2.32. The van der Waals surface area contributed by atoms with E-state index in [-0.39, 0.29) is 35.9 Å². The number of nitrogens with one attached hydrogen (secondary N) is 1. The van der Waals surface area contributed by atoms with E-state index in [1.54, 1.807) is 29.4 Å². The number of fused-ring (bicyclic) bond motifs is 1. The van der Waals surface area contributed by atoms with Crippen LogP contribution in [0.3, 0.4) is 0 Å². The van der Waals surface area contributed by atoms with E-state index in [0.29, 0.717) is 31.5 Å². The second-order valence-electron chi connectivity index (χ2n) is 9.67. The number of nitrogens with zero attached hydrogens (tertiary/aromatic N) is 3. The highest BCUT2D eigenvalue weighted by Gasteiger charge is 2.22. The SMILES string of the molecule is O=C(NCc1ccc(F)cc1)c1cn2ccn(CCCN3CCCC3=O)c(=O)c2c(OCc2ccccc2)c1=O. The van der Waals surface area contributed by atoms with E-state index in [2.05, 4.69) is 5.32 Å². The van der Waals surface area contributed by atoms with Crippen LogP contribution in [-0.2, 0) is 24.5 Å². The van der Waals surface area contributed by atoms with Gasteiger partial charge in [0.25, 0.3) is 11.5 Å². The molecule has 2 aromatic carbocycles. The van der Waals surface area contributed by atoms with Gasteiger partial charge in [-0.3, -0.25) is 19.2 Å². The molecule has 0 spiro atoms. The second-order valence-corrected chi connectivity index (χ2v) is 9.67. The fraction of sp³-hybridized carbons (Fsp3) is 0.267. The highest BCUT2D eigenvalue weighted by molar-refractivity contribution is 5.95. The van der Waals surface area contributed by atoms with Crippen molar-refractivity contribution in [1.29, 1.82) is 0 Å². The largest absolute Gasteiger partial charge is 0.483 e. The molecule has 1 N–H and O–H groups in total. The van der Waals surface area contributed by atoms with Crippen molar-refractivity contribution in [3.8, 4) is 5.75 Å². The molecular weight excluding hydrogens is 515 g/mol. The number of carbonyl (C=O) groups is 2. The molecule has 1 aliphatic heterocycles. The number of hydrogen-bond acceptors (Lipinski definition) is 5. The van der Waals surface area contributed by atoms with Crippen LogP contribution in [0.4, 0.5) is 4.39 Å². The Morgan fingerprint density at radius 2 is 1.73 bits per heavy atom. The molecule has 0 radical (unpaired) electrons. The van der Waals surface area contributed by atoms with Gasteiger partial charge in [0.2, 0.25) is 11.3 Å². The van der Waals surface area contributed by atoms with Crippen molar-refractivity contribution in [3.63, 3.8) is 0 Å². The molecule has 0 aliphatic carbocycles. The van der Waals surface area contributed by atoms with Gasteiger partial charge in [0.1, 0.15) is 18.0 Å². The average Bonchev–Trinajstić information content (AvgIpc) is 3.38. The summed E-state index contributed by atoms with van der Waals surface area (Å²) in [6.07, 6.45) is 6.49. The third-order valence-corrected chi connectivity index (χ3v) is 6.90. The molecule has 10 heteroatoms. The fourth-order valence-corrected chi connectivity index (χ4v) is 4.74. The van der Waals surface area contributed by atoms with Crippen molar-refractivity contribution in [2.24, 2.45) is 0 Å². The Morgan fingerprint density at radius 3 is 2.45 bits per heavy atom. The summed E-state index contributed by atoms with van der Waals surface area (Å²) in [6, 6.07) is 14.8. The molecule has 9 nitrogen and oxygen atoms in total. The highest BCUT2D eigenvalue weighted by Crippen LogP contribution is 2.16. The van der Waals surface area contributed by atoms with E-state index >= 15 is 0 Å². The Morgan fingerprint density at radius 1 is 0.950 bits per heavy atom. The lowest BCUT2D eigenvalue weighted by Gasteiger charge is -2.17. The maximum atomic E-state index is 13.5. The molecule has 2 amide bonds. The summed E-state index contributed by atoms with van der Waals surface area (Å²) >= 11 is 0. The van der Waals surface area contributed by atoms with Gasteiger partial charge in [0.05, 0.1) is 0 Å². The molecule has 1 saturated heterocycles. The number of carbonyl (C=O) groups excluding carboxylic acids is 2. The lowest BCUT2D eigenvalue weighted by molar-refractivity contribution is -0.127. The minimum atomic E-state index is -0.704. The Hall–Kier alpha value is -4.73. The van der Waals surface area contributed by atoms with E-state index in [4.69, 9.17) is 4.74 Å². The van der Waals surface area contributed by atoms with Crippen LogP contribution in [0.5, 0.6) is 5.75 Å². The van der Waals surface area contributed by atoms with Crippen LogP contribution in [-0.4, -0.2) is 38.8 Å². The van der Waals surface area contributed by atoms with Crippen molar-refractivity contribution in [2.45, 2.75) is 39.0 Å². The predicted molar refractivity (Wildman–Crippen MR) is 147 cm³/mol. The molecule has 0 bridgehead atoms. The van der Waals surface area contributed by atoms with Crippen LogP contribution in [0.2, 0.25) is 0 Å². The third kappa shape index (κ3) is 5.96. The molecule has 1 aliphatic rings. The predicted octanol–water partition coefficient (Wildman–Crippen LogP) is 3.12. The maximum Gasteiger partial charge on any atom is 0.278 e. The molecule has 0 unspecified atom stereocenters. The van der Waals surface area contributed by atoms with Gasteiger partial charge in [0.15, 0.2) is 11.3 Å². The van der Waals surface area contributed by atoms with Gasteiger partial charge >= 0.3 is 0 Å². The number of amides is 2. The number of aryl methyl sites for hydroxylation is 1. The normalized spacial score (nSPS) is 13.1. The summed E-state index contributed by atoms with van der Waals surface area (Å²) in [7, 11) is 0. The number of halogens is 1. The summed E-state index contributed by atoms with van der Waals surface area (Å²) in [5, 5.41) is 2.68. The Kier molecular flexibility index (Phi) is 8.04. The number of hydrogen-bond donors (Lipinski definition) is 1. The molecule has 5 rings (SSSR count). The average molecular weight is 545 g/mol. The molecule has 2 aromatic heterocycles. The van der Waals surface area contributed by atoms with E-state index in [0.717, 1.165) is 18.5 Å². The Bertz CT molecular complexity index is 1650. The van der Waals surface area contributed by atoms with Crippen molar-refractivity contribution < 1.29 is 18.7 Å². The molecule has 1 fully saturated rings. The van der Waals surface area contributed by atoms with Crippen molar-refractivity contribution in [3.05, 3.63) is 116 Å². The number of pyridine rings is 1. The van der Waals surface area contributed by atoms with Crippen LogP contribution >= 0.6 is 0 Å². The number of benzene rings is 2. The van der Waals surface area contributed by atoms with Crippen LogP contribution in [0, 0.1) is 5.82 Å². The van der Waals surface area contributed by atoms with Gasteiger partial charge in [-0.15, -0.1) is 0 Å². The minimum Gasteiger partial charge on any atom is -0.483 e. The van der Waals surface area contributed by atoms with Gasteiger partial charge in [-0.05, 0) is 36.1 Å². The number of aromatic nitrogens is 2. The summed E-state index contributed by atoms with van der Waals surface area (Å²) in [4.78, 5) is 53.8. The monoisotopic (exact) mass is 544 g/mol. The van der Waals surface area contributed by atoms with Crippen molar-refractivity contribution >= 4 is 17.3 Å². The number of rotatable bonds is 10. The molecular formula is C30H29FN4O5. The van der Waals surface area contributed by atoms with E-state index < -0.39 is 22.7 Å². The first-order chi connectivity index (χ1) is 19.4. The smallest absolute Gasteiger partial charge is 0.278 e. The molecule has 206 valence electrons. The maximum absolute atomic E-state index is 13.5. The first-order valence-electron chi connectivity index (χ1n) is 13.2. The van der Waals surface area contributed by atoms with Gasteiger partial charge in [0, 0.05) is 51.2 Å². The summed E-state index contributed by atoms with van der Waals surface area (Å²) in [5.74, 6) is -1.13. The zero-order valence-corrected chi connectivity index (χ0v) is 21.8. The van der Waals surface area contributed by atoms with E-state index in [1.807, 2.05) is 30.3 Å². The van der Waals surface area contributed by atoms with E-state index in [9.17, 15) is 23.6 Å². The third-order valence-electron chi connectivity index (χ3n) is 6.90. The molecule has 40 heavy (non-hydrogen) atoms. The van der Waals surface area contributed by atoms with Gasteiger partial charge in [-0.2, -0.15) is 0 Å². The summed E-state index contributed by atoms with van der Waals surface area (Å²) in [5.41, 5.74) is 0.148. The Balaban J connectivity index is 1.45. The summed E-state index contributed by atoms with van der Waals surface area (Å²) in [6.45, 7) is 1.74. The lowest BCUT2D eigenvalue weighted by atomic mass is 10.2. The Labute approximate surface area is 229 Å². The first kappa shape index (κ1) is 26.9. The highest BCUT2D eigenvalue weighted by atomic mass is 19.1. The molecule has 3 heterocycles. The first-order valence-corrected chi connectivity index (χ1v) is 13.2. The van der Waals surface area contributed by atoms with Gasteiger partial charge in [-0.1, -0.05) is 42.5 Å². The zero-order valence-electron chi connectivity index (χ0n) is 21.8. The fourth-order valence-electron chi connectivity index (χ4n) is 4.74. The van der Waals surface area contributed by atoms with Gasteiger partial charge in [-0.25, -0.2) is 4.39 Å². The summed E-state index contributed by atoms with van der Waals surface area (Å²) < 4.78 is 22.0. The van der Waals surface area contributed by atoms with Gasteiger partial charge < -0.3 is 23.9 Å². The second kappa shape index (κ2) is 12.0. The molecule has 4 aromatic rings. The van der Waals surface area contributed by atoms with Crippen LogP contribution in [0.1, 0.15) is 40.7 Å². The molecule has 0 saturated carbocycles. The zero-order chi connectivity index (χ0) is 28.1. The van der Waals surface area contributed by atoms with Crippen LogP contribution in [0.25, 0.3) is 5.52 Å². The van der Waals surface area contributed by atoms with Crippen molar-refractivity contribution in [2.75, 3.05) is 13.1 Å².